The van der Waals surface area contributed by atoms with E-state index in [0.717, 1.165) is 0 Å². The van der Waals surface area contributed by atoms with Crippen LogP contribution in [-0.4, -0.2) is 20.4 Å². The summed E-state index contributed by atoms with van der Waals surface area (Å²) in [6, 6.07) is 6.04. The van der Waals surface area contributed by atoms with E-state index in [2.05, 4.69) is 5.32 Å². The average Bonchev–Trinajstić information content (AvgIpc) is 3.28. The summed E-state index contributed by atoms with van der Waals surface area (Å²) in [6.45, 7) is 0. The first-order chi connectivity index (χ1) is 9.45. The smallest absolute Gasteiger partial charge is 0.251 e. The Balaban J connectivity index is 1.70. The summed E-state index contributed by atoms with van der Waals surface area (Å²) in [6.07, 6.45) is 4.80. The SMILES string of the molecule is NS(=O)(=O)c1ccc(C(=O)NC(C2CC2)C2CC2)cc1. The second-order valence-corrected chi connectivity index (χ2v) is 7.30. The largest absolute Gasteiger partial charge is 0.349 e. The van der Waals surface area contributed by atoms with Crippen molar-refractivity contribution in [2.24, 2.45) is 17.0 Å². The Morgan fingerprint density at radius 2 is 1.60 bits per heavy atom. The second kappa shape index (κ2) is 4.86. The van der Waals surface area contributed by atoms with Crippen LogP contribution in [0, 0.1) is 11.8 Å². The van der Waals surface area contributed by atoms with Gasteiger partial charge in [-0.25, -0.2) is 13.6 Å². The molecule has 0 unspecified atom stereocenters. The number of benzene rings is 1. The van der Waals surface area contributed by atoms with Gasteiger partial charge in [0.1, 0.15) is 0 Å². The third kappa shape index (κ3) is 3.02. The maximum atomic E-state index is 12.2. The van der Waals surface area contributed by atoms with Gasteiger partial charge in [0.25, 0.3) is 5.91 Å². The van der Waals surface area contributed by atoms with Gasteiger partial charge in [0, 0.05) is 11.6 Å². The number of rotatable bonds is 5. The lowest BCUT2D eigenvalue weighted by Crippen LogP contribution is -2.38. The summed E-state index contributed by atoms with van der Waals surface area (Å²) >= 11 is 0. The van der Waals surface area contributed by atoms with Crippen LogP contribution >= 0.6 is 0 Å². The van der Waals surface area contributed by atoms with E-state index < -0.39 is 10.0 Å². The monoisotopic (exact) mass is 294 g/mol. The fourth-order valence-electron chi connectivity index (χ4n) is 2.56. The van der Waals surface area contributed by atoms with Crippen LogP contribution in [0.5, 0.6) is 0 Å². The summed E-state index contributed by atoms with van der Waals surface area (Å²) in [4.78, 5) is 12.2. The predicted molar refractivity (Wildman–Crippen MR) is 74.5 cm³/mol. The van der Waals surface area contributed by atoms with E-state index in [4.69, 9.17) is 5.14 Å². The molecule has 1 amide bonds. The van der Waals surface area contributed by atoms with Gasteiger partial charge in [-0.05, 0) is 61.8 Å². The Morgan fingerprint density at radius 1 is 1.10 bits per heavy atom. The highest BCUT2D eigenvalue weighted by Gasteiger charge is 2.42. The maximum absolute atomic E-state index is 12.2. The number of sulfonamides is 1. The molecule has 0 atom stereocenters. The first kappa shape index (κ1) is 13.6. The zero-order valence-corrected chi connectivity index (χ0v) is 11.9. The molecule has 108 valence electrons. The van der Waals surface area contributed by atoms with Crippen LogP contribution in [0.2, 0.25) is 0 Å². The van der Waals surface area contributed by atoms with Gasteiger partial charge < -0.3 is 5.32 Å². The number of hydrogen-bond donors (Lipinski definition) is 2. The van der Waals surface area contributed by atoms with Crippen molar-refractivity contribution in [2.75, 3.05) is 0 Å². The third-order valence-corrected chi connectivity index (χ3v) is 4.93. The molecule has 2 fully saturated rings. The van der Waals surface area contributed by atoms with E-state index in [1.54, 1.807) is 0 Å². The molecular formula is C14H18N2O3S. The number of amides is 1. The third-order valence-electron chi connectivity index (χ3n) is 4.00. The molecule has 3 N–H and O–H groups in total. The van der Waals surface area contributed by atoms with Crippen LogP contribution in [0.25, 0.3) is 0 Å². The summed E-state index contributed by atoms with van der Waals surface area (Å²) in [5, 5.41) is 8.13. The number of primary sulfonamides is 1. The van der Waals surface area contributed by atoms with E-state index in [1.165, 1.54) is 49.9 Å². The van der Waals surface area contributed by atoms with Gasteiger partial charge in [-0.3, -0.25) is 4.79 Å². The van der Waals surface area contributed by atoms with Crippen LogP contribution in [-0.2, 0) is 10.0 Å². The fourth-order valence-corrected chi connectivity index (χ4v) is 3.08. The Kier molecular flexibility index (Phi) is 3.30. The maximum Gasteiger partial charge on any atom is 0.251 e. The lowest BCUT2D eigenvalue weighted by molar-refractivity contribution is 0.0926. The van der Waals surface area contributed by atoms with Crippen molar-refractivity contribution in [3.05, 3.63) is 29.8 Å². The molecule has 0 aromatic heterocycles. The molecule has 0 saturated heterocycles. The van der Waals surface area contributed by atoms with Crippen molar-refractivity contribution in [3.63, 3.8) is 0 Å². The topological polar surface area (TPSA) is 89.3 Å². The minimum Gasteiger partial charge on any atom is -0.349 e. The van der Waals surface area contributed by atoms with Gasteiger partial charge in [-0.1, -0.05) is 0 Å². The van der Waals surface area contributed by atoms with Crippen LogP contribution in [0.3, 0.4) is 0 Å². The molecular weight excluding hydrogens is 276 g/mol. The molecule has 0 aliphatic heterocycles. The summed E-state index contributed by atoms with van der Waals surface area (Å²) < 4.78 is 22.3. The molecule has 0 bridgehead atoms. The molecule has 3 rings (SSSR count). The van der Waals surface area contributed by atoms with Gasteiger partial charge in [-0.2, -0.15) is 0 Å². The molecule has 2 saturated carbocycles. The quantitative estimate of drug-likeness (QED) is 0.856. The van der Waals surface area contributed by atoms with Crippen molar-refractivity contribution in [2.45, 2.75) is 36.6 Å². The Hall–Kier alpha value is -1.40. The summed E-state index contributed by atoms with van der Waals surface area (Å²) in [5.41, 5.74) is 0.476. The first-order valence-corrected chi connectivity index (χ1v) is 8.43. The van der Waals surface area contributed by atoms with Crippen molar-refractivity contribution < 1.29 is 13.2 Å². The number of nitrogens with one attached hydrogen (secondary N) is 1. The molecule has 2 aliphatic rings. The van der Waals surface area contributed by atoms with Crippen molar-refractivity contribution in [1.82, 2.24) is 5.32 Å². The molecule has 20 heavy (non-hydrogen) atoms. The Bertz CT molecular complexity index is 604. The number of hydrogen-bond acceptors (Lipinski definition) is 3. The molecule has 0 heterocycles. The van der Waals surface area contributed by atoms with Gasteiger partial charge in [0.15, 0.2) is 0 Å². The second-order valence-electron chi connectivity index (χ2n) is 5.74. The van der Waals surface area contributed by atoms with Crippen molar-refractivity contribution >= 4 is 15.9 Å². The van der Waals surface area contributed by atoms with Crippen LogP contribution in [0.1, 0.15) is 36.0 Å². The van der Waals surface area contributed by atoms with E-state index in [0.29, 0.717) is 23.4 Å². The molecule has 5 nitrogen and oxygen atoms in total. The first-order valence-electron chi connectivity index (χ1n) is 6.89. The van der Waals surface area contributed by atoms with Crippen molar-refractivity contribution in [1.29, 1.82) is 0 Å². The van der Waals surface area contributed by atoms with Crippen LogP contribution in [0.4, 0.5) is 0 Å². The van der Waals surface area contributed by atoms with Gasteiger partial charge in [0.05, 0.1) is 4.90 Å². The normalized spacial score (nSPS) is 19.1. The highest BCUT2D eigenvalue weighted by Crippen LogP contribution is 2.44. The van der Waals surface area contributed by atoms with E-state index >= 15 is 0 Å². The van der Waals surface area contributed by atoms with Crippen LogP contribution in [0.15, 0.2) is 29.2 Å². The summed E-state index contributed by atoms with van der Waals surface area (Å²) in [7, 11) is -3.71. The van der Waals surface area contributed by atoms with E-state index in [9.17, 15) is 13.2 Å². The minimum atomic E-state index is -3.71. The minimum absolute atomic E-state index is 0.0231. The Labute approximate surface area is 118 Å². The number of nitrogens with two attached hydrogens (primary N) is 1. The molecule has 6 heteroatoms. The Morgan fingerprint density at radius 3 is 2.00 bits per heavy atom. The van der Waals surface area contributed by atoms with E-state index in [-0.39, 0.29) is 10.8 Å². The standard InChI is InChI=1S/C14H18N2O3S/c15-20(18,19)12-7-5-11(6-8-12)14(17)16-13(9-1-2-9)10-3-4-10/h5-10,13H,1-4H2,(H,16,17)(H2,15,18,19). The summed E-state index contributed by atoms with van der Waals surface area (Å²) in [5.74, 6) is 1.14. The van der Waals surface area contributed by atoms with Gasteiger partial charge in [-0.15, -0.1) is 0 Å². The molecule has 2 aliphatic carbocycles. The zero-order chi connectivity index (χ0) is 14.3. The highest BCUT2D eigenvalue weighted by molar-refractivity contribution is 7.89. The molecule has 1 aromatic carbocycles. The zero-order valence-electron chi connectivity index (χ0n) is 11.1. The van der Waals surface area contributed by atoms with Crippen LogP contribution < -0.4 is 10.5 Å². The average molecular weight is 294 g/mol. The van der Waals surface area contributed by atoms with Gasteiger partial charge in [0.2, 0.25) is 10.0 Å². The predicted octanol–water partition coefficient (Wildman–Crippen LogP) is 1.25. The molecule has 0 radical (unpaired) electrons. The molecule has 1 aromatic rings. The molecule has 0 spiro atoms. The lowest BCUT2D eigenvalue weighted by Gasteiger charge is -2.17. The number of carbonyl (C=O) groups is 1. The fraction of sp³-hybridized carbons (Fsp3) is 0.500. The van der Waals surface area contributed by atoms with E-state index in [1.807, 2.05) is 0 Å². The van der Waals surface area contributed by atoms with Crippen molar-refractivity contribution in [3.8, 4) is 0 Å². The lowest BCUT2D eigenvalue weighted by atomic mass is 10.1. The number of carbonyl (C=O) groups excluding carboxylic acids is 1. The highest BCUT2D eigenvalue weighted by atomic mass is 32.2. The van der Waals surface area contributed by atoms with Gasteiger partial charge >= 0.3 is 0 Å².